The molecule has 2 rings (SSSR count). The van der Waals surface area contributed by atoms with E-state index in [1.165, 1.54) is 20.0 Å². The van der Waals surface area contributed by atoms with Gasteiger partial charge in [0.2, 0.25) is 0 Å². The second-order valence-electron chi connectivity index (χ2n) is 5.61. The van der Waals surface area contributed by atoms with Gasteiger partial charge in [-0.15, -0.1) is 0 Å². The molecule has 2 fully saturated rings. The SMILES string of the molecule is COC(=O)CN(C1CCCC1)C1CCCCC1O. The molecule has 0 saturated heterocycles. The van der Waals surface area contributed by atoms with Crippen molar-refractivity contribution in [3.8, 4) is 0 Å². The van der Waals surface area contributed by atoms with Gasteiger partial charge in [0.25, 0.3) is 0 Å². The third-order valence-electron chi connectivity index (χ3n) is 4.45. The van der Waals surface area contributed by atoms with E-state index in [0.29, 0.717) is 12.6 Å². The zero-order valence-electron chi connectivity index (χ0n) is 11.3. The number of rotatable bonds is 4. The van der Waals surface area contributed by atoms with Crippen LogP contribution in [0.1, 0.15) is 51.4 Å². The van der Waals surface area contributed by atoms with Crippen molar-refractivity contribution in [2.45, 2.75) is 69.6 Å². The van der Waals surface area contributed by atoms with Crippen LogP contribution in [-0.2, 0) is 9.53 Å². The summed E-state index contributed by atoms with van der Waals surface area (Å²) < 4.78 is 4.80. The van der Waals surface area contributed by atoms with Gasteiger partial charge in [-0.2, -0.15) is 0 Å². The second kappa shape index (κ2) is 6.53. The molecule has 18 heavy (non-hydrogen) atoms. The van der Waals surface area contributed by atoms with E-state index in [1.54, 1.807) is 0 Å². The first-order valence-corrected chi connectivity index (χ1v) is 7.23. The molecule has 0 aromatic heterocycles. The molecule has 2 aliphatic carbocycles. The Balaban J connectivity index is 2.04. The highest BCUT2D eigenvalue weighted by molar-refractivity contribution is 5.71. The van der Waals surface area contributed by atoms with Crippen molar-refractivity contribution in [3.63, 3.8) is 0 Å². The molecule has 0 amide bonds. The van der Waals surface area contributed by atoms with E-state index in [0.717, 1.165) is 38.5 Å². The van der Waals surface area contributed by atoms with Gasteiger partial charge in [0.1, 0.15) is 0 Å². The van der Waals surface area contributed by atoms with Crippen molar-refractivity contribution in [2.75, 3.05) is 13.7 Å². The van der Waals surface area contributed by atoms with E-state index in [9.17, 15) is 9.90 Å². The van der Waals surface area contributed by atoms with Crippen molar-refractivity contribution < 1.29 is 14.6 Å². The third kappa shape index (κ3) is 3.23. The fraction of sp³-hybridized carbons (Fsp3) is 0.929. The summed E-state index contributed by atoms with van der Waals surface area (Å²) in [6.45, 7) is 0.336. The lowest BCUT2D eigenvalue weighted by Gasteiger charge is -2.40. The van der Waals surface area contributed by atoms with Gasteiger partial charge >= 0.3 is 5.97 Å². The molecule has 2 atom stereocenters. The van der Waals surface area contributed by atoms with Gasteiger partial charge in [0, 0.05) is 12.1 Å². The molecular weight excluding hydrogens is 230 g/mol. The Morgan fingerprint density at radius 2 is 1.78 bits per heavy atom. The summed E-state index contributed by atoms with van der Waals surface area (Å²) in [6.07, 6.45) is 8.66. The van der Waals surface area contributed by atoms with Gasteiger partial charge in [0.15, 0.2) is 0 Å². The Hall–Kier alpha value is -0.610. The summed E-state index contributed by atoms with van der Waals surface area (Å²) in [5.41, 5.74) is 0. The lowest BCUT2D eigenvalue weighted by Crippen LogP contribution is -2.51. The third-order valence-corrected chi connectivity index (χ3v) is 4.45. The van der Waals surface area contributed by atoms with Crippen LogP contribution < -0.4 is 0 Å². The van der Waals surface area contributed by atoms with Crippen LogP contribution >= 0.6 is 0 Å². The molecule has 2 saturated carbocycles. The minimum absolute atomic E-state index is 0.154. The van der Waals surface area contributed by atoms with E-state index in [1.807, 2.05) is 0 Å². The lowest BCUT2D eigenvalue weighted by atomic mass is 9.90. The van der Waals surface area contributed by atoms with Crippen LogP contribution in [0, 0.1) is 0 Å². The lowest BCUT2D eigenvalue weighted by molar-refractivity contribution is -0.144. The Labute approximate surface area is 109 Å². The van der Waals surface area contributed by atoms with Gasteiger partial charge in [-0.3, -0.25) is 9.69 Å². The molecule has 0 aromatic carbocycles. The van der Waals surface area contributed by atoms with Crippen LogP contribution in [0.2, 0.25) is 0 Å². The standard InChI is InChI=1S/C14H25NO3/c1-18-14(17)10-15(11-6-2-3-7-11)12-8-4-5-9-13(12)16/h11-13,16H,2-10H2,1H3. The molecule has 0 bridgehead atoms. The summed E-state index contributed by atoms with van der Waals surface area (Å²) in [5, 5.41) is 10.2. The number of hydrogen-bond acceptors (Lipinski definition) is 4. The van der Waals surface area contributed by atoms with Crippen LogP contribution in [0.3, 0.4) is 0 Å². The average molecular weight is 255 g/mol. The predicted molar refractivity (Wildman–Crippen MR) is 69.2 cm³/mol. The number of aliphatic hydroxyl groups is 1. The monoisotopic (exact) mass is 255 g/mol. The number of aliphatic hydroxyl groups excluding tert-OH is 1. The number of carbonyl (C=O) groups is 1. The largest absolute Gasteiger partial charge is 0.468 e. The van der Waals surface area contributed by atoms with Crippen molar-refractivity contribution in [1.29, 1.82) is 0 Å². The van der Waals surface area contributed by atoms with Crippen LogP contribution in [0.4, 0.5) is 0 Å². The normalized spacial score (nSPS) is 29.7. The average Bonchev–Trinajstić information content (AvgIpc) is 2.90. The topological polar surface area (TPSA) is 49.8 Å². The van der Waals surface area contributed by atoms with Gasteiger partial charge in [-0.05, 0) is 25.7 Å². The van der Waals surface area contributed by atoms with Crippen LogP contribution in [0.15, 0.2) is 0 Å². The summed E-state index contributed by atoms with van der Waals surface area (Å²) in [5.74, 6) is -0.181. The summed E-state index contributed by atoms with van der Waals surface area (Å²) in [4.78, 5) is 13.8. The first-order chi connectivity index (χ1) is 8.72. The van der Waals surface area contributed by atoms with Gasteiger partial charge in [0.05, 0.1) is 19.8 Å². The van der Waals surface area contributed by atoms with Crippen molar-refractivity contribution in [1.82, 2.24) is 4.90 Å². The number of nitrogens with zero attached hydrogens (tertiary/aromatic N) is 1. The van der Waals surface area contributed by atoms with Crippen molar-refractivity contribution in [2.24, 2.45) is 0 Å². The molecule has 0 heterocycles. The summed E-state index contributed by atoms with van der Waals surface area (Å²) in [6, 6.07) is 0.614. The molecule has 0 aromatic rings. The molecular formula is C14H25NO3. The zero-order chi connectivity index (χ0) is 13.0. The second-order valence-corrected chi connectivity index (χ2v) is 5.61. The molecule has 104 valence electrons. The Morgan fingerprint density at radius 1 is 1.17 bits per heavy atom. The van der Waals surface area contributed by atoms with Crippen LogP contribution in [0.25, 0.3) is 0 Å². The van der Waals surface area contributed by atoms with E-state index >= 15 is 0 Å². The number of methoxy groups -OCH3 is 1. The molecule has 2 unspecified atom stereocenters. The molecule has 0 radical (unpaired) electrons. The summed E-state index contributed by atoms with van der Waals surface area (Å²) >= 11 is 0. The molecule has 0 spiro atoms. The molecule has 1 N–H and O–H groups in total. The van der Waals surface area contributed by atoms with Crippen molar-refractivity contribution >= 4 is 5.97 Å². The number of carbonyl (C=O) groups excluding carboxylic acids is 1. The quantitative estimate of drug-likeness (QED) is 0.777. The maximum absolute atomic E-state index is 11.6. The molecule has 4 heteroatoms. The maximum Gasteiger partial charge on any atom is 0.319 e. The van der Waals surface area contributed by atoms with Gasteiger partial charge in [-0.25, -0.2) is 0 Å². The fourth-order valence-electron chi connectivity index (χ4n) is 3.45. The minimum Gasteiger partial charge on any atom is -0.468 e. The Morgan fingerprint density at radius 3 is 2.39 bits per heavy atom. The smallest absolute Gasteiger partial charge is 0.319 e. The number of hydrogen-bond donors (Lipinski definition) is 1. The Kier molecular flexibility index (Phi) is 5.01. The number of esters is 1. The highest BCUT2D eigenvalue weighted by atomic mass is 16.5. The number of ether oxygens (including phenoxy) is 1. The molecule has 4 nitrogen and oxygen atoms in total. The maximum atomic E-state index is 11.6. The highest BCUT2D eigenvalue weighted by Gasteiger charge is 2.35. The molecule has 2 aliphatic rings. The molecule has 0 aliphatic heterocycles. The van der Waals surface area contributed by atoms with Gasteiger partial charge < -0.3 is 9.84 Å². The Bertz CT molecular complexity index is 276. The summed E-state index contributed by atoms with van der Waals surface area (Å²) in [7, 11) is 1.44. The van der Waals surface area contributed by atoms with E-state index < -0.39 is 0 Å². The van der Waals surface area contributed by atoms with E-state index in [4.69, 9.17) is 4.74 Å². The first-order valence-electron chi connectivity index (χ1n) is 7.23. The first kappa shape index (κ1) is 13.8. The van der Waals surface area contributed by atoms with Gasteiger partial charge in [-0.1, -0.05) is 25.7 Å². The van der Waals surface area contributed by atoms with Crippen LogP contribution in [-0.4, -0.2) is 47.8 Å². The minimum atomic E-state index is -0.274. The van der Waals surface area contributed by atoms with E-state index in [2.05, 4.69) is 4.90 Å². The fourth-order valence-corrected chi connectivity index (χ4v) is 3.45. The van der Waals surface area contributed by atoms with E-state index in [-0.39, 0.29) is 18.1 Å². The highest BCUT2D eigenvalue weighted by Crippen LogP contribution is 2.30. The van der Waals surface area contributed by atoms with Crippen LogP contribution in [0.5, 0.6) is 0 Å². The zero-order valence-corrected chi connectivity index (χ0v) is 11.3. The van der Waals surface area contributed by atoms with Crippen molar-refractivity contribution in [3.05, 3.63) is 0 Å². The predicted octanol–water partition coefficient (Wildman–Crippen LogP) is 1.71.